The van der Waals surface area contributed by atoms with Gasteiger partial charge in [0.1, 0.15) is 5.75 Å². The van der Waals surface area contributed by atoms with Gasteiger partial charge in [0.15, 0.2) is 0 Å². The summed E-state index contributed by atoms with van der Waals surface area (Å²) in [4.78, 5) is 12.5. The Hall–Kier alpha value is -1.16. The van der Waals surface area contributed by atoms with Gasteiger partial charge in [-0.05, 0) is 43.2 Å². The molecule has 1 atom stereocenters. The summed E-state index contributed by atoms with van der Waals surface area (Å²) in [5.41, 5.74) is 2.65. The van der Waals surface area contributed by atoms with Crippen molar-refractivity contribution in [2.75, 3.05) is 13.4 Å². The number of methoxy groups -OCH3 is 1. The van der Waals surface area contributed by atoms with Gasteiger partial charge in [0.25, 0.3) is 0 Å². The molecular weight excluding hydrogens is 246 g/mol. The quantitative estimate of drug-likeness (QED) is 0.853. The van der Waals surface area contributed by atoms with Gasteiger partial charge in [0.2, 0.25) is 5.91 Å². The second kappa shape index (κ2) is 5.65. The Morgan fingerprint density at radius 2 is 2.22 bits per heavy atom. The molecule has 1 N–H and O–H groups in total. The number of hydrogen-bond donors (Lipinski definition) is 1. The van der Waals surface area contributed by atoms with Crippen LogP contribution in [0.1, 0.15) is 24.5 Å². The van der Waals surface area contributed by atoms with E-state index in [1.54, 1.807) is 25.8 Å². The average Bonchev–Trinajstić information content (AvgIpc) is 2.36. The molecule has 1 aromatic rings. The highest BCUT2D eigenvalue weighted by molar-refractivity contribution is 7.98. The molecule has 18 heavy (non-hydrogen) atoms. The molecule has 1 aliphatic carbocycles. The van der Waals surface area contributed by atoms with E-state index in [4.69, 9.17) is 4.74 Å². The number of amides is 1. The molecule has 0 radical (unpaired) electrons. The molecule has 3 nitrogen and oxygen atoms in total. The maximum atomic E-state index is 11.2. The summed E-state index contributed by atoms with van der Waals surface area (Å²) in [7, 11) is 1.70. The van der Waals surface area contributed by atoms with E-state index in [9.17, 15) is 4.79 Å². The van der Waals surface area contributed by atoms with Crippen molar-refractivity contribution < 1.29 is 9.53 Å². The maximum Gasteiger partial charge on any atom is 0.217 e. The molecule has 4 heteroatoms. The predicted octanol–water partition coefficient (Wildman–Crippen LogP) is 2.41. The van der Waals surface area contributed by atoms with Crippen LogP contribution < -0.4 is 10.1 Å². The Morgan fingerprint density at radius 1 is 1.44 bits per heavy atom. The Morgan fingerprint density at radius 3 is 2.83 bits per heavy atom. The molecule has 0 saturated carbocycles. The molecule has 0 saturated heterocycles. The second-order valence-electron chi connectivity index (χ2n) is 4.57. The third kappa shape index (κ3) is 2.64. The van der Waals surface area contributed by atoms with E-state index in [1.807, 2.05) is 6.07 Å². The Labute approximate surface area is 112 Å². The zero-order valence-corrected chi connectivity index (χ0v) is 11.9. The second-order valence-corrected chi connectivity index (χ2v) is 5.42. The summed E-state index contributed by atoms with van der Waals surface area (Å²) in [6, 6.07) is 4.39. The molecule has 1 aliphatic rings. The topological polar surface area (TPSA) is 38.3 Å². The number of thioether (sulfide) groups is 1. The average molecular weight is 265 g/mol. The fourth-order valence-electron chi connectivity index (χ4n) is 2.61. The van der Waals surface area contributed by atoms with Crippen LogP contribution in [-0.4, -0.2) is 25.3 Å². The summed E-state index contributed by atoms with van der Waals surface area (Å²) in [6.07, 6.45) is 4.98. The van der Waals surface area contributed by atoms with Gasteiger partial charge in [-0.3, -0.25) is 4.79 Å². The monoisotopic (exact) mass is 265 g/mol. The molecule has 0 aliphatic heterocycles. The van der Waals surface area contributed by atoms with Crippen molar-refractivity contribution in [1.29, 1.82) is 0 Å². The van der Waals surface area contributed by atoms with Crippen molar-refractivity contribution in [3.8, 4) is 5.75 Å². The number of carbonyl (C=O) groups is 1. The largest absolute Gasteiger partial charge is 0.496 e. The zero-order valence-electron chi connectivity index (χ0n) is 11.1. The minimum atomic E-state index is 0.0448. The van der Waals surface area contributed by atoms with E-state index in [2.05, 4.69) is 17.6 Å². The third-order valence-electron chi connectivity index (χ3n) is 3.39. The van der Waals surface area contributed by atoms with Gasteiger partial charge >= 0.3 is 0 Å². The first-order valence-electron chi connectivity index (χ1n) is 6.15. The molecule has 0 aromatic heterocycles. The first-order valence-corrected chi connectivity index (χ1v) is 7.38. The number of carbonyl (C=O) groups excluding carboxylic acids is 1. The molecule has 0 bridgehead atoms. The number of benzene rings is 1. The van der Waals surface area contributed by atoms with Gasteiger partial charge in [-0.15, -0.1) is 11.8 Å². The van der Waals surface area contributed by atoms with Crippen LogP contribution >= 0.6 is 11.8 Å². The molecule has 98 valence electrons. The van der Waals surface area contributed by atoms with Crippen molar-refractivity contribution in [1.82, 2.24) is 5.32 Å². The summed E-state index contributed by atoms with van der Waals surface area (Å²) in [5, 5.41) is 3.01. The lowest BCUT2D eigenvalue weighted by molar-refractivity contribution is -0.119. The highest BCUT2D eigenvalue weighted by Crippen LogP contribution is 2.35. The van der Waals surface area contributed by atoms with Crippen LogP contribution in [-0.2, 0) is 17.6 Å². The molecule has 0 spiro atoms. The molecule has 0 heterocycles. The van der Waals surface area contributed by atoms with E-state index in [0.29, 0.717) is 0 Å². The van der Waals surface area contributed by atoms with E-state index < -0.39 is 0 Å². The molecule has 0 fully saturated rings. The van der Waals surface area contributed by atoms with Gasteiger partial charge < -0.3 is 10.1 Å². The number of fused-ring (bicyclic) bond motifs is 1. The van der Waals surface area contributed by atoms with Gasteiger partial charge in [0, 0.05) is 23.4 Å². The zero-order chi connectivity index (χ0) is 13.1. The fourth-order valence-corrected chi connectivity index (χ4v) is 3.28. The summed E-state index contributed by atoms with van der Waals surface area (Å²) in [6.45, 7) is 1.57. The first-order chi connectivity index (χ1) is 8.65. The van der Waals surface area contributed by atoms with Crippen molar-refractivity contribution in [3.63, 3.8) is 0 Å². The lowest BCUT2D eigenvalue weighted by Gasteiger charge is -2.28. The standard InChI is InChI=1S/C14H19NO2S/c1-9(16)15-10-4-5-11-12(8-10)13(17-2)6-7-14(11)18-3/h6-7,10H,4-5,8H2,1-3H3,(H,15,16)/t10-/m0/s1. The van der Waals surface area contributed by atoms with E-state index in [0.717, 1.165) is 25.0 Å². The smallest absolute Gasteiger partial charge is 0.217 e. The SMILES string of the molecule is COc1ccc(SC)c2c1C[C@@H](NC(C)=O)CC2. The molecule has 0 unspecified atom stereocenters. The van der Waals surface area contributed by atoms with Crippen LogP contribution in [0.5, 0.6) is 5.75 Å². The normalized spacial score (nSPS) is 18.1. The number of rotatable bonds is 3. The van der Waals surface area contributed by atoms with Gasteiger partial charge in [-0.1, -0.05) is 0 Å². The van der Waals surface area contributed by atoms with Gasteiger partial charge in [0.05, 0.1) is 7.11 Å². The summed E-state index contributed by atoms with van der Waals surface area (Å²) < 4.78 is 5.44. The number of nitrogens with one attached hydrogen (secondary N) is 1. The highest BCUT2D eigenvalue weighted by Gasteiger charge is 2.24. The van der Waals surface area contributed by atoms with Gasteiger partial charge in [-0.25, -0.2) is 0 Å². The van der Waals surface area contributed by atoms with Crippen LogP contribution in [0.4, 0.5) is 0 Å². The number of ether oxygens (including phenoxy) is 1. The Balaban J connectivity index is 2.31. The van der Waals surface area contributed by atoms with Crippen LogP contribution in [0.15, 0.2) is 17.0 Å². The summed E-state index contributed by atoms with van der Waals surface area (Å²) in [5.74, 6) is 0.987. The molecule has 1 aromatic carbocycles. The van der Waals surface area contributed by atoms with Crippen molar-refractivity contribution in [2.45, 2.75) is 37.1 Å². The lowest BCUT2D eigenvalue weighted by Crippen LogP contribution is -2.37. The summed E-state index contributed by atoms with van der Waals surface area (Å²) >= 11 is 1.77. The first kappa shape index (κ1) is 13.3. The van der Waals surface area contributed by atoms with Crippen molar-refractivity contribution in [3.05, 3.63) is 23.3 Å². The Kier molecular flexibility index (Phi) is 4.17. The van der Waals surface area contributed by atoms with E-state index >= 15 is 0 Å². The lowest BCUT2D eigenvalue weighted by atomic mass is 9.87. The van der Waals surface area contributed by atoms with Crippen LogP contribution in [0.3, 0.4) is 0 Å². The van der Waals surface area contributed by atoms with Crippen LogP contribution in [0, 0.1) is 0 Å². The maximum absolute atomic E-state index is 11.2. The van der Waals surface area contributed by atoms with Crippen molar-refractivity contribution >= 4 is 17.7 Å². The van der Waals surface area contributed by atoms with Crippen molar-refractivity contribution in [2.24, 2.45) is 0 Å². The van der Waals surface area contributed by atoms with E-state index in [-0.39, 0.29) is 11.9 Å². The molecule has 1 amide bonds. The molecular formula is C14H19NO2S. The van der Waals surface area contributed by atoms with E-state index in [1.165, 1.54) is 16.0 Å². The number of hydrogen-bond acceptors (Lipinski definition) is 3. The molecule has 2 rings (SSSR count). The predicted molar refractivity (Wildman–Crippen MR) is 74.4 cm³/mol. The highest BCUT2D eigenvalue weighted by atomic mass is 32.2. The fraction of sp³-hybridized carbons (Fsp3) is 0.500. The van der Waals surface area contributed by atoms with Crippen LogP contribution in [0.2, 0.25) is 0 Å². The minimum absolute atomic E-state index is 0.0448. The third-order valence-corrected chi connectivity index (χ3v) is 4.21. The van der Waals surface area contributed by atoms with Crippen LogP contribution in [0.25, 0.3) is 0 Å². The van der Waals surface area contributed by atoms with Gasteiger partial charge in [-0.2, -0.15) is 0 Å². The minimum Gasteiger partial charge on any atom is -0.496 e. The Bertz CT molecular complexity index is 459.